The molecule has 0 aliphatic carbocycles. The molecule has 1 aromatic heterocycles. The van der Waals surface area contributed by atoms with E-state index in [0.717, 1.165) is 56.6 Å². The van der Waals surface area contributed by atoms with E-state index in [1.165, 1.54) is 19.3 Å². The molecule has 0 saturated carbocycles. The first-order valence-electron chi connectivity index (χ1n) is 9.78. The number of aromatic nitrogens is 2. The molecule has 7 nitrogen and oxygen atoms in total. The molecule has 1 saturated heterocycles. The predicted octanol–water partition coefficient (Wildman–Crippen LogP) is 3.26. The number of aryl methyl sites for hydroxylation is 1. The van der Waals surface area contributed by atoms with E-state index in [0.29, 0.717) is 17.7 Å². The van der Waals surface area contributed by atoms with Gasteiger partial charge >= 0.3 is 0 Å². The van der Waals surface area contributed by atoms with E-state index in [4.69, 9.17) is 15.0 Å². The lowest BCUT2D eigenvalue weighted by Crippen LogP contribution is -2.40. The largest absolute Gasteiger partial charge is 0.497 e. The SMILES string of the molecule is COc1ccc(-c2noc(CCCCCN=C(N)N3CCCCC3)n2)cc1. The van der Waals surface area contributed by atoms with Crippen LogP contribution in [-0.2, 0) is 6.42 Å². The molecule has 0 radical (unpaired) electrons. The molecule has 0 spiro atoms. The lowest BCUT2D eigenvalue weighted by Gasteiger charge is -2.27. The molecule has 2 N–H and O–H groups in total. The van der Waals surface area contributed by atoms with Crippen molar-refractivity contribution in [2.75, 3.05) is 26.7 Å². The van der Waals surface area contributed by atoms with Crippen molar-refractivity contribution in [3.63, 3.8) is 0 Å². The number of benzene rings is 1. The zero-order valence-corrected chi connectivity index (χ0v) is 16.1. The summed E-state index contributed by atoms with van der Waals surface area (Å²) in [6, 6.07) is 7.64. The molecular weight excluding hydrogens is 342 g/mol. The van der Waals surface area contributed by atoms with Crippen molar-refractivity contribution in [2.45, 2.75) is 44.9 Å². The quantitative estimate of drug-likeness (QED) is 0.435. The highest BCUT2D eigenvalue weighted by Gasteiger charge is 2.11. The smallest absolute Gasteiger partial charge is 0.226 e. The van der Waals surface area contributed by atoms with Crippen LogP contribution < -0.4 is 10.5 Å². The number of nitrogens with zero attached hydrogens (tertiary/aromatic N) is 4. The maximum atomic E-state index is 6.07. The number of hydrogen-bond donors (Lipinski definition) is 1. The predicted molar refractivity (Wildman–Crippen MR) is 106 cm³/mol. The minimum absolute atomic E-state index is 0.617. The molecule has 0 atom stereocenters. The Kier molecular flexibility index (Phi) is 7.07. The zero-order valence-electron chi connectivity index (χ0n) is 16.1. The minimum atomic E-state index is 0.617. The number of ether oxygens (including phenoxy) is 1. The third-order valence-electron chi connectivity index (χ3n) is 4.82. The third kappa shape index (κ3) is 5.70. The van der Waals surface area contributed by atoms with Crippen molar-refractivity contribution in [1.82, 2.24) is 15.0 Å². The van der Waals surface area contributed by atoms with Gasteiger partial charge in [-0.25, -0.2) is 0 Å². The van der Waals surface area contributed by atoms with Gasteiger partial charge in [-0.1, -0.05) is 11.6 Å². The summed E-state index contributed by atoms with van der Waals surface area (Å²) in [5.74, 6) is 2.81. The number of hydrogen-bond acceptors (Lipinski definition) is 5. The van der Waals surface area contributed by atoms with Gasteiger partial charge in [0.25, 0.3) is 0 Å². The van der Waals surface area contributed by atoms with Crippen LogP contribution in [0.5, 0.6) is 5.75 Å². The summed E-state index contributed by atoms with van der Waals surface area (Å²) in [5, 5.41) is 4.06. The van der Waals surface area contributed by atoms with Crippen molar-refractivity contribution >= 4 is 5.96 Å². The Labute approximate surface area is 160 Å². The van der Waals surface area contributed by atoms with Gasteiger partial charge in [-0.3, -0.25) is 4.99 Å². The number of rotatable bonds is 8. The maximum absolute atomic E-state index is 6.07. The van der Waals surface area contributed by atoms with E-state index in [-0.39, 0.29) is 0 Å². The highest BCUT2D eigenvalue weighted by molar-refractivity contribution is 5.78. The molecule has 3 rings (SSSR count). The van der Waals surface area contributed by atoms with Crippen LogP contribution in [0.4, 0.5) is 0 Å². The van der Waals surface area contributed by atoms with Crippen LogP contribution in [0.2, 0.25) is 0 Å². The lowest BCUT2D eigenvalue weighted by atomic mass is 10.1. The Morgan fingerprint density at radius 2 is 1.93 bits per heavy atom. The first-order chi connectivity index (χ1) is 13.3. The molecule has 1 aromatic carbocycles. The van der Waals surface area contributed by atoms with E-state index in [1.54, 1.807) is 7.11 Å². The Hall–Kier alpha value is -2.57. The van der Waals surface area contributed by atoms with Gasteiger partial charge in [0.1, 0.15) is 5.75 Å². The third-order valence-corrected chi connectivity index (χ3v) is 4.82. The molecule has 0 unspecified atom stereocenters. The van der Waals surface area contributed by atoms with Crippen LogP contribution in [0.3, 0.4) is 0 Å². The fourth-order valence-electron chi connectivity index (χ4n) is 3.20. The highest BCUT2D eigenvalue weighted by atomic mass is 16.5. The Bertz CT molecular complexity index is 720. The minimum Gasteiger partial charge on any atom is -0.497 e. The van der Waals surface area contributed by atoms with E-state index in [2.05, 4.69) is 20.0 Å². The van der Waals surface area contributed by atoms with Gasteiger partial charge in [0.2, 0.25) is 11.7 Å². The van der Waals surface area contributed by atoms with Gasteiger partial charge in [0.15, 0.2) is 5.96 Å². The van der Waals surface area contributed by atoms with Crippen molar-refractivity contribution in [3.8, 4) is 17.1 Å². The highest BCUT2D eigenvalue weighted by Crippen LogP contribution is 2.20. The van der Waals surface area contributed by atoms with Gasteiger partial charge in [-0.05, 0) is 56.4 Å². The average molecular weight is 371 g/mol. The molecule has 0 bridgehead atoms. The van der Waals surface area contributed by atoms with Crippen molar-refractivity contribution in [3.05, 3.63) is 30.2 Å². The van der Waals surface area contributed by atoms with Crippen LogP contribution in [0.1, 0.15) is 44.4 Å². The van der Waals surface area contributed by atoms with E-state index in [9.17, 15) is 0 Å². The van der Waals surface area contributed by atoms with Crippen molar-refractivity contribution in [2.24, 2.45) is 10.7 Å². The molecule has 1 aliphatic rings. The lowest BCUT2D eigenvalue weighted by molar-refractivity contribution is 0.338. The summed E-state index contributed by atoms with van der Waals surface area (Å²) in [7, 11) is 1.65. The molecule has 7 heteroatoms. The van der Waals surface area contributed by atoms with Crippen LogP contribution in [0, 0.1) is 0 Å². The molecule has 27 heavy (non-hydrogen) atoms. The number of unbranched alkanes of at least 4 members (excludes halogenated alkanes) is 2. The van der Waals surface area contributed by atoms with Crippen molar-refractivity contribution in [1.29, 1.82) is 0 Å². The molecule has 0 amide bonds. The molecule has 2 aromatic rings. The zero-order chi connectivity index (χ0) is 18.9. The summed E-state index contributed by atoms with van der Waals surface area (Å²) < 4.78 is 10.5. The molecule has 2 heterocycles. The Balaban J connectivity index is 1.36. The summed E-state index contributed by atoms with van der Waals surface area (Å²) >= 11 is 0. The van der Waals surface area contributed by atoms with Crippen LogP contribution >= 0.6 is 0 Å². The van der Waals surface area contributed by atoms with Crippen LogP contribution in [0.25, 0.3) is 11.4 Å². The second kappa shape index (κ2) is 9.94. The fourth-order valence-corrected chi connectivity index (χ4v) is 3.20. The molecule has 1 fully saturated rings. The van der Waals surface area contributed by atoms with E-state index in [1.807, 2.05) is 24.3 Å². The van der Waals surface area contributed by atoms with Gasteiger partial charge < -0.3 is 19.9 Å². The van der Waals surface area contributed by atoms with Crippen molar-refractivity contribution < 1.29 is 9.26 Å². The maximum Gasteiger partial charge on any atom is 0.226 e. The first-order valence-corrected chi connectivity index (χ1v) is 9.78. The van der Waals surface area contributed by atoms with E-state index >= 15 is 0 Å². The summed E-state index contributed by atoms with van der Waals surface area (Å²) in [6.45, 7) is 2.87. The first kappa shape index (κ1) is 19.2. The Morgan fingerprint density at radius 1 is 1.15 bits per heavy atom. The van der Waals surface area contributed by atoms with Gasteiger partial charge in [0.05, 0.1) is 7.11 Å². The second-order valence-electron chi connectivity index (χ2n) is 6.84. The number of piperidine rings is 1. The standard InChI is InChI=1S/C20H29N5O2/c1-26-17-11-9-16(10-12-17)19-23-18(27-24-19)8-4-2-5-13-22-20(21)25-14-6-3-7-15-25/h9-12H,2-8,13-15H2,1H3,(H2,21,22). The summed E-state index contributed by atoms with van der Waals surface area (Å²) in [4.78, 5) is 11.2. The molecule has 1 aliphatic heterocycles. The molecule has 146 valence electrons. The summed E-state index contributed by atoms with van der Waals surface area (Å²) in [5.41, 5.74) is 6.99. The van der Waals surface area contributed by atoms with Gasteiger partial charge in [-0.15, -0.1) is 0 Å². The number of methoxy groups -OCH3 is 1. The topological polar surface area (TPSA) is 89.8 Å². The van der Waals surface area contributed by atoms with Crippen LogP contribution in [-0.4, -0.2) is 47.7 Å². The summed E-state index contributed by atoms with van der Waals surface area (Å²) in [6.07, 6.45) is 7.63. The average Bonchev–Trinajstić information content (AvgIpc) is 3.20. The normalized spacial score (nSPS) is 15.1. The second-order valence-corrected chi connectivity index (χ2v) is 6.84. The van der Waals surface area contributed by atoms with Crippen LogP contribution in [0.15, 0.2) is 33.8 Å². The monoisotopic (exact) mass is 371 g/mol. The number of aliphatic imine (C=N–C) groups is 1. The number of guanidine groups is 1. The molecular formula is C20H29N5O2. The van der Waals surface area contributed by atoms with Gasteiger partial charge in [0, 0.05) is 31.6 Å². The van der Waals surface area contributed by atoms with E-state index < -0.39 is 0 Å². The van der Waals surface area contributed by atoms with Gasteiger partial charge in [-0.2, -0.15) is 4.98 Å². The fraction of sp³-hybridized carbons (Fsp3) is 0.550. The number of nitrogens with two attached hydrogens (primary N) is 1. The number of likely N-dealkylation sites (tertiary alicyclic amines) is 1. The Morgan fingerprint density at radius 3 is 2.67 bits per heavy atom.